The van der Waals surface area contributed by atoms with Crippen LogP contribution in [0.25, 0.3) is 0 Å². The van der Waals surface area contributed by atoms with Gasteiger partial charge in [0.1, 0.15) is 6.61 Å². The van der Waals surface area contributed by atoms with Gasteiger partial charge >= 0.3 is 6.01 Å². The number of hydrogen-bond acceptors (Lipinski definition) is 5. The molecule has 17 heavy (non-hydrogen) atoms. The molecule has 0 aliphatic rings. The monoisotopic (exact) mass is 242 g/mol. The minimum atomic E-state index is -0.352. The average molecular weight is 242 g/mol. The Morgan fingerprint density at radius 3 is 2.76 bits per heavy atom. The highest BCUT2D eigenvalue weighted by atomic mass is 16.5. The number of rotatable bonds is 5. The summed E-state index contributed by atoms with van der Waals surface area (Å²) in [5.41, 5.74) is -0.352. The van der Waals surface area contributed by atoms with Gasteiger partial charge in [-0.05, 0) is 27.7 Å². The Morgan fingerprint density at radius 2 is 2.18 bits per heavy atom. The first-order valence-electron chi connectivity index (χ1n) is 5.39. The van der Waals surface area contributed by atoms with Crippen molar-refractivity contribution >= 4 is 11.9 Å². The maximum absolute atomic E-state index is 11.5. The van der Waals surface area contributed by atoms with Crippen molar-refractivity contribution in [1.29, 1.82) is 0 Å². The summed E-state index contributed by atoms with van der Waals surface area (Å²) in [6.07, 6.45) is 0. The molecule has 96 valence electrons. The van der Waals surface area contributed by atoms with E-state index in [1.807, 2.05) is 27.7 Å². The molecule has 0 saturated carbocycles. The fourth-order valence-corrected chi connectivity index (χ4v) is 0.946. The molecule has 1 rings (SSSR count). The minimum absolute atomic E-state index is 0.0336. The standard InChI is InChI=1S/C10H18N4O3/c1-5-16-9-12-8(13-14-9)11-7(15)6-17-10(2,3)4/h5-6H2,1-4H3,(H2,11,12,13,14,15). The quantitative estimate of drug-likeness (QED) is 0.802. The van der Waals surface area contributed by atoms with Crippen molar-refractivity contribution in [2.75, 3.05) is 18.5 Å². The number of nitrogens with zero attached hydrogens (tertiary/aromatic N) is 2. The summed E-state index contributed by atoms with van der Waals surface area (Å²) < 4.78 is 10.4. The van der Waals surface area contributed by atoms with E-state index in [0.717, 1.165) is 0 Å². The summed E-state index contributed by atoms with van der Waals surface area (Å²) in [5, 5.41) is 8.82. The van der Waals surface area contributed by atoms with Crippen molar-refractivity contribution in [3.05, 3.63) is 0 Å². The lowest BCUT2D eigenvalue weighted by Gasteiger charge is -2.18. The lowest BCUT2D eigenvalue weighted by molar-refractivity contribution is -0.125. The molecule has 0 aliphatic carbocycles. The first-order valence-corrected chi connectivity index (χ1v) is 5.39. The number of H-pyrrole nitrogens is 1. The summed E-state index contributed by atoms with van der Waals surface area (Å²) in [5.74, 6) is -0.0462. The van der Waals surface area contributed by atoms with E-state index in [-0.39, 0.29) is 30.1 Å². The highest BCUT2D eigenvalue weighted by Crippen LogP contribution is 2.08. The second-order valence-electron chi connectivity index (χ2n) is 4.35. The highest BCUT2D eigenvalue weighted by molar-refractivity contribution is 5.89. The molecule has 0 aromatic carbocycles. The Labute approximate surface area is 99.9 Å². The van der Waals surface area contributed by atoms with Crippen LogP contribution in [0.2, 0.25) is 0 Å². The van der Waals surface area contributed by atoms with Gasteiger partial charge in [0, 0.05) is 0 Å². The van der Waals surface area contributed by atoms with Crippen LogP contribution in [0.1, 0.15) is 27.7 Å². The van der Waals surface area contributed by atoms with E-state index < -0.39 is 0 Å². The van der Waals surface area contributed by atoms with Crippen LogP contribution in [-0.2, 0) is 9.53 Å². The number of amides is 1. The Bertz CT molecular complexity index is 370. The predicted molar refractivity (Wildman–Crippen MR) is 61.9 cm³/mol. The van der Waals surface area contributed by atoms with E-state index >= 15 is 0 Å². The lowest BCUT2D eigenvalue weighted by Crippen LogP contribution is -2.27. The Hall–Kier alpha value is -1.63. The lowest BCUT2D eigenvalue weighted by atomic mass is 10.2. The summed E-state index contributed by atoms with van der Waals surface area (Å²) in [6.45, 7) is 7.89. The molecular formula is C10H18N4O3. The first kappa shape index (κ1) is 13.4. The van der Waals surface area contributed by atoms with E-state index in [2.05, 4.69) is 20.5 Å². The Morgan fingerprint density at radius 1 is 1.47 bits per heavy atom. The van der Waals surface area contributed by atoms with E-state index in [1.165, 1.54) is 0 Å². The zero-order valence-corrected chi connectivity index (χ0v) is 10.5. The van der Waals surface area contributed by atoms with Gasteiger partial charge in [-0.2, -0.15) is 4.98 Å². The van der Waals surface area contributed by atoms with Gasteiger partial charge in [0.2, 0.25) is 5.95 Å². The topological polar surface area (TPSA) is 89.1 Å². The van der Waals surface area contributed by atoms with Crippen LogP contribution in [0.4, 0.5) is 5.95 Å². The van der Waals surface area contributed by atoms with Crippen molar-refractivity contribution in [3.63, 3.8) is 0 Å². The zero-order valence-electron chi connectivity index (χ0n) is 10.5. The second kappa shape index (κ2) is 5.62. The van der Waals surface area contributed by atoms with Crippen molar-refractivity contribution in [2.24, 2.45) is 0 Å². The smallest absolute Gasteiger partial charge is 0.337 e. The molecule has 0 radical (unpaired) electrons. The number of aromatic amines is 1. The third-order valence-electron chi connectivity index (χ3n) is 1.63. The van der Waals surface area contributed by atoms with Crippen molar-refractivity contribution < 1.29 is 14.3 Å². The van der Waals surface area contributed by atoms with E-state index in [4.69, 9.17) is 9.47 Å². The summed E-state index contributed by atoms with van der Waals surface area (Å²) >= 11 is 0. The fourth-order valence-electron chi connectivity index (χ4n) is 0.946. The minimum Gasteiger partial charge on any atom is -0.463 e. The van der Waals surface area contributed by atoms with Crippen LogP contribution < -0.4 is 10.1 Å². The van der Waals surface area contributed by atoms with Gasteiger partial charge in [0.15, 0.2) is 0 Å². The van der Waals surface area contributed by atoms with Gasteiger partial charge in [-0.25, -0.2) is 5.10 Å². The number of anilines is 1. The summed E-state index contributed by atoms with van der Waals surface area (Å²) in [4.78, 5) is 15.4. The molecule has 0 spiro atoms. The summed E-state index contributed by atoms with van der Waals surface area (Å²) in [7, 11) is 0. The molecule has 2 N–H and O–H groups in total. The van der Waals surface area contributed by atoms with Crippen LogP contribution in [0.5, 0.6) is 6.01 Å². The molecule has 1 heterocycles. The SMILES string of the molecule is CCOc1n[nH]c(NC(=O)COC(C)(C)C)n1. The van der Waals surface area contributed by atoms with Crippen molar-refractivity contribution in [3.8, 4) is 6.01 Å². The van der Waals surface area contributed by atoms with Crippen LogP contribution in [0.15, 0.2) is 0 Å². The number of nitrogens with one attached hydrogen (secondary N) is 2. The number of carbonyl (C=O) groups excluding carboxylic acids is 1. The van der Waals surface area contributed by atoms with Crippen LogP contribution in [-0.4, -0.2) is 39.9 Å². The van der Waals surface area contributed by atoms with Crippen molar-refractivity contribution in [2.45, 2.75) is 33.3 Å². The number of aromatic nitrogens is 3. The highest BCUT2D eigenvalue weighted by Gasteiger charge is 2.14. The molecule has 0 unspecified atom stereocenters. The van der Waals surface area contributed by atoms with Gasteiger partial charge in [-0.1, -0.05) is 0 Å². The molecular weight excluding hydrogens is 224 g/mol. The normalized spacial score (nSPS) is 11.3. The van der Waals surface area contributed by atoms with Gasteiger partial charge in [-0.15, -0.1) is 5.10 Å². The van der Waals surface area contributed by atoms with Gasteiger partial charge in [-0.3, -0.25) is 10.1 Å². The number of ether oxygens (including phenoxy) is 2. The van der Waals surface area contributed by atoms with Crippen LogP contribution in [0.3, 0.4) is 0 Å². The molecule has 1 aromatic heterocycles. The first-order chi connectivity index (χ1) is 7.90. The average Bonchev–Trinajstić information content (AvgIpc) is 2.62. The largest absolute Gasteiger partial charge is 0.463 e. The number of carbonyl (C=O) groups is 1. The van der Waals surface area contributed by atoms with Crippen LogP contribution >= 0.6 is 0 Å². The fraction of sp³-hybridized carbons (Fsp3) is 0.700. The molecule has 7 heteroatoms. The van der Waals surface area contributed by atoms with Gasteiger partial charge in [0.05, 0.1) is 12.2 Å². The van der Waals surface area contributed by atoms with E-state index in [1.54, 1.807) is 0 Å². The molecule has 0 atom stereocenters. The third-order valence-corrected chi connectivity index (χ3v) is 1.63. The maximum Gasteiger partial charge on any atom is 0.337 e. The second-order valence-corrected chi connectivity index (χ2v) is 4.35. The molecule has 7 nitrogen and oxygen atoms in total. The molecule has 0 fully saturated rings. The molecule has 0 saturated heterocycles. The zero-order chi connectivity index (χ0) is 12.9. The van der Waals surface area contributed by atoms with Crippen LogP contribution in [0, 0.1) is 0 Å². The predicted octanol–water partition coefficient (Wildman–Crippen LogP) is 0.957. The van der Waals surface area contributed by atoms with Crippen molar-refractivity contribution in [1.82, 2.24) is 15.2 Å². The molecule has 1 aromatic rings. The van der Waals surface area contributed by atoms with Gasteiger partial charge < -0.3 is 9.47 Å². The third kappa shape index (κ3) is 5.30. The Balaban J connectivity index is 2.39. The van der Waals surface area contributed by atoms with E-state index in [0.29, 0.717) is 6.61 Å². The van der Waals surface area contributed by atoms with E-state index in [9.17, 15) is 4.79 Å². The van der Waals surface area contributed by atoms with Gasteiger partial charge in [0.25, 0.3) is 5.91 Å². The molecule has 0 aliphatic heterocycles. The maximum atomic E-state index is 11.5. The number of hydrogen-bond donors (Lipinski definition) is 2. The molecule has 1 amide bonds. The molecule has 0 bridgehead atoms. The Kier molecular flexibility index (Phi) is 4.45. The summed E-state index contributed by atoms with van der Waals surface area (Å²) in [6, 6.07) is 0.208.